The van der Waals surface area contributed by atoms with Gasteiger partial charge in [0, 0.05) is 22.0 Å². The van der Waals surface area contributed by atoms with Crippen molar-refractivity contribution in [3.05, 3.63) is 182 Å². The van der Waals surface area contributed by atoms with Crippen LogP contribution < -0.4 is 0 Å². The van der Waals surface area contributed by atoms with E-state index in [1.165, 1.54) is 49.3 Å². The Hall–Kier alpha value is -7.04. The van der Waals surface area contributed by atoms with Crippen LogP contribution in [0.5, 0.6) is 0 Å². The Balaban J connectivity index is 0.959. The molecule has 0 aliphatic rings. The monoisotopic (exact) mass is 662 g/mol. The fraction of sp³-hybridized carbons (Fsp3) is 0. The normalized spacial score (nSPS) is 11.8. The van der Waals surface area contributed by atoms with Gasteiger partial charge in [-0.25, -0.2) is 9.97 Å². The van der Waals surface area contributed by atoms with Crippen molar-refractivity contribution < 1.29 is 0 Å². The van der Waals surface area contributed by atoms with Crippen molar-refractivity contribution in [2.45, 2.75) is 0 Å². The summed E-state index contributed by atoms with van der Waals surface area (Å²) in [6, 6.07) is 65.0. The number of para-hydroxylation sites is 6. The third kappa shape index (κ3) is 4.41. The number of hydrogen-bond acceptors (Lipinski definition) is 2. The fourth-order valence-corrected chi connectivity index (χ4v) is 7.97. The molecule has 0 radical (unpaired) electrons. The summed E-state index contributed by atoms with van der Waals surface area (Å²) in [4.78, 5) is 10.2. The molecule has 242 valence electrons. The van der Waals surface area contributed by atoms with Gasteiger partial charge in [0.15, 0.2) is 0 Å². The minimum atomic E-state index is 0.942. The zero-order chi connectivity index (χ0) is 34.2. The summed E-state index contributed by atoms with van der Waals surface area (Å²) in [6.45, 7) is 0. The molecule has 0 spiro atoms. The van der Waals surface area contributed by atoms with Crippen molar-refractivity contribution in [2.75, 3.05) is 0 Å². The summed E-state index contributed by atoms with van der Waals surface area (Å²) < 4.78 is 4.56. The van der Waals surface area contributed by atoms with Crippen LogP contribution in [-0.2, 0) is 0 Å². The summed E-state index contributed by atoms with van der Waals surface area (Å²) >= 11 is 0. The lowest BCUT2D eigenvalue weighted by Gasteiger charge is -2.12. The van der Waals surface area contributed by atoms with Crippen molar-refractivity contribution in [1.29, 1.82) is 0 Å². The molecular formula is C48H30N4. The molecule has 0 saturated carbocycles. The summed E-state index contributed by atoms with van der Waals surface area (Å²) in [6.07, 6.45) is 0. The van der Waals surface area contributed by atoms with E-state index >= 15 is 0 Å². The van der Waals surface area contributed by atoms with Crippen molar-refractivity contribution in [3.8, 4) is 39.3 Å². The quantitative estimate of drug-likeness (QED) is 0.176. The van der Waals surface area contributed by atoms with Gasteiger partial charge in [-0.05, 0) is 99.1 Å². The van der Waals surface area contributed by atoms with Gasteiger partial charge in [0.05, 0.1) is 27.6 Å². The van der Waals surface area contributed by atoms with Crippen LogP contribution in [0.3, 0.4) is 0 Å². The maximum absolute atomic E-state index is 5.12. The van der Waals surface area contributed by atoms with E-state index in [4.69, 9.17) is 9.97 Å². The van der Waals surface area contributed by atoms with Gasteiger partial charge in [-0.3, -0.25) is 8.97 Å². The number of fused-ring (bicyclic) bond motifs is 10. The van der Waals surface area contributed by atoms with E-state index in [0.29, 0.717) is 0 Å². The molecule has 4 nitrogen and oxygen atoms in total. The molecule has 3 heterocycles. The molecule has 0 aliphatic carbocycles. The number of nitrogens with zero attached hydrogens (tertiary/aromatic N) is 4. The van der Waals surface area contributed by atoms with Gasteiger partial charge in [-0.2, -0.15) is 0 Å². The smallest absolute Gasteiger partial charge is 0.146 e. The average Bonchev–Trinajstić information content (AvgIpc) is 3.81. The standard InChI is InChI=1S/C48H30N4/c1-2-10-38(11-3-1)51-45-16-8-5-13-42(45)49-47(51)37-25-24-34-28-33(22-23-35(34)29-37)31-18-20-32(21-19-31)36-26-27-39-40-12-4-7-15-44(40)52-46-17-9-6-14-43(46)50-48(52)41(39)30-36/h1-30H. The number of hydrogen-bond donors (Lipinski definition) is 0. The van der Waals surface area contributed by atoms with Crippen molar-refractivity contribution in [1.82, 2.24) is 18.9 Å². The number of aromatic nitrogens is 4. The molecule has 11 rings (SSSR count). The van der Waals surface area contributed by atoms with Crippen LogP contribution in [0, 0.1) is 0 Å². The van der Waals surface area contributed by atoms with Crippen LogP contribution in [0.25, 0.3) is 99.5 Å². The molecule has 0 saturated heterocycles. The van der Waals surface area contributed by atoms with Crippen molar-refractivity contribution >= 4 is 60.2 Å². The van der Waals surface area contributed by atoms with E-state index in [0.717, 1.165) is 50.2 Å². The van der Waals surface area contributed by atoms with Gasteiger partial charge in [-0.1, -0.05) is 121 Å². The van der Waals surface area contributed by atoms with Crippen LogP contribution in [-0.4, -0.2) is 18.9 Å². The Bertz CT molecular complexity index is 3170. The highest BCUT2D eigenvalue weighted by atomic mass is 15.1. The van der Waals surface area contributed by atoms with Crippen LogP contribution in [0.4, 0.5) is 0 Å². The minimum absolute atomic E-state index is 0.942. The molecule has 0 bridgehead atoms. The zero-order valence-electron chi connectivity index (χ0n) is 28.1. The third-order valence-electron chi connectivity index (χ3n) is 10.5. The third-order valence-corrected chi connectivity index (χ3v) is 10.5. The maximum Gasteiger partial charge on any atom is 0.146 e. The highest BCUT2D eigenvalue weighted by molar-refractivity contribution is 6.14. The van der Waals surface area contributed by atoms with E-state index in [2.05, 4.69) is 179 Å². The molecule has 0 amide bonds. The number of rotatable bonds is 4. The molecule has 0 fully saturated rings. The molecule has 0 N–H and O–H groups in total. The Morgan fingerprint density at radius 3 is 1.67 bits per heavy atom. The molecule has 52 heavy (non-hydrogen) atoms. The van der Waals surface area contributed by atoms with Gasteiger partial charge in [-0.15, -0.1) is 0 Å². The van der Waals surface area contributed by atoms with Crippen LogP contribution in [0.15, 0.2) is 182 Å². The molecule has 3 aromatic heterocycles. The molecule has 0 aliphatic heterocycles. The fourth-order valence-electron chi connectivity index (χ4n) is 7.97. The Labute approximate surface area is 299 Å². The number of pyridine rings is 1. The highest BCUT2D eigenvalue weighted by Gasteiger charge is 2.16. The Morgan fingerprint density at radius 1 is 0.346 bits per heavy atom. The van der Waals surface area contributed by atoms with E-state index < -0.39 is 0 Å². The first-order valence-corrected chi connectivity index (χ1v) is 17.7. The van der Waals surface area contributed by atoms with Crippen LogP contribution >= 0.6 is 0 Å². The number of imidazole rings is 2. The molecule has 8 aromatic carbocycles. The lowest BCUT2D eigenvalue weighted by atomic mass is 9.96. The topological polar surface area (TPSA) is 35.1 Å². The summed E-state index contributed by atoms with van der Waals surface area (Å²) in [7, 11) is 0. The van der Waals surface area contributed by atoms with Gasteiger partial charge in [0.1, 0.15) is 11.5 Å². The summed E-state index contributed by atoms with van der Waals surface area (Å²) in [5, 5.41) is 5.99. The van der Waals surface area contributed by atoms with Crippen LogP contribution in [0.1, 0.15) is 0 Å². The second-order valence-corrected chi connectivity index (χ2v) is 13.5. The van der Waals surface area contributed by atoms with Gasteiger partial charge >= 0.3 is 0 Å². The highest BCUT2D eigenvalue weighted by Crippen LogP contribution is 2.36. The van der Waals surface area contributed by atoms with E-state index in [9.17, 15) is 0 Å². The minimum Gasteiger partial charge on any atom is -0.292 e. The number of benzene rings is 8. The predicted molar refractivity (Wildman–Crippen MR) is 216 cm³/mol. The zero-order valence-corrected chi connectivity index (χ0v) is 28.1. The average molecular weight is 663 g/mol. The molecule has 11 aromatic rings. The molecule has 0 atom stereocenters. The molecular weight excluding hydrogens is 633 g/mol. The van der Waals surface area contributed by atoms with Crippen LogP contribution in [0.2, 0.25) is 0 Å². The first-order valence-electron chi connectivity index (χ1n) is 17.7. The van der Waals surface area contributed by atoms with E-state index in [-0.39, 0.29) is 0 Å². The van der Waals surface area contributed by atoms with Crippen molar-refractivity contribution in [3.63, 3.8) is 0 Å². The van der Waals surface area contributed by atoms with Crippen molar-refractivity contribution in [2.24, 2.45) is 0 Å². The largest absolute Gasteiger partial charge is 0.292 e. The van der Waals surface area contributed by atoms with Gasteiger partial charge in [0.25, 0.3) is 0 Å². The first-order chi connectivity index (χ1) is 25.8. The Kier molecular flexibility index (Phi) is 6.22. The van der Waals surface area contributed by atoms with Gasteiger partial charge in [0.2, 0.25) is 0 Å². The summed E-state index contributed by atoms with van der Waals surface area (Å²) in [5.41, 5.74) is 13.3. The molecule has 0 unspecified atom stereocenters. The molecule has 4 heteroatoms. The Morgan fingerprint density at radius 2 is 0.904 bits per heavy atom. The van der Waals surface area contributed by atoms with E-state index in [1.807, 2.05) is 12.1 Å². The van der Waals surface area contributed by atoms with Gasteiger partial charge < -0.3 is 0 Å². The predicted octanol–water partition coefficient (Wildman–Crippen LogP) is 12.3. The maximum atomic E-state index is 5.12. The summed E-state index contributed by atoms with van der Waals surface area (Å²) in [5.74, 6) is 0.942. The lowest BCUT2D eigenvalue weighted by Crippen LogP contribution is -1.97. The lowest BCUT2D eigenvalue weighted by molar-refractivity contribution is 1.10. The van der Waals surface area contributed by atoms with E-state index in [1.54, 1.807) is 0 Å². The second kappa shape index (κ2) is 11.2. The SMILES string of the molecule is c1ccc(-n2c(-c3ccc4cc(-c5ccc(-c6ccc7c8ccccc8n8c9ccccc9nc8c7c6)cc5)ccc4c3)nc3ccccc32)cc1. The second-order valence-electron chi connectivity index (χ2n) is 13.5. The first kappa shape index (κ1) is 28.8.